The first-order valence-corrected chi connectivity index (χ1v) is 5.90. The number of carbonyl (C=O) groups excluding carboxylic acids is 2. The number of nitrogens with two attached hydrogens (primary N) is 2. The summed E-state index contributed by atoms with van der Waals surface area (Å²) < 4.78 is 0. The van der Waals surface area contributed by atoms with Gasteiger partial charge in [0.2, 0.25) is 0 Å². The Morgan fingerprint density at radius 1 is 1.05 bits per heavy atom. The van der Waals surface area contributed by atoms with Gasteiger partial charge >= 0.3 is 0 Å². The van der Waals surface area contributed by atoms with Crippen molar-refractivity contribution in [2.75, 3.05) is 0 Å². The van der Waals surface area contributed by atoms with Crippen LogP contribution in [-0.2, 0) is 0 Å². The van der Waals surface area contributed by atoms with E-state index >= 15 is 0 Å². The van der Waals surface area contributed by atoms with Gasteiger partial charge in [0.15, 0.2) is 5.96 Å². The lowest BCUT2D eigenvalue weighted by molar-refractivity contribution is 0.100. The van der Waals surface area contributed by atoms with Crippen LogP contribution in [0.4, 0.5) is 0 Å². The van der Waals surface area contributed by atoms with Crippen LogP contribution in [0.2, 0.25) is 0 Å². The maximum Gasteiger partial charge on any atom is 0.280 e. The largest absolute Gasteiger partial charge is 0.370 e. The lowest BCUT2D eigenvalue weighted by atomic mass is 9.98. The van der Waals surface area contributed by atoms with Gasteiger partial charge < -0.3 is 11.5 Å². The molecule has 0 bridgehead atoms. The van der Waals surface area contributed by atoms with Crippen LogP contribution in [0, 0.1) is 0 Å². The molecule has 4 N–H and O–H groups in total. The number of aldehydes is 1. The second kappa shape index (κ2) is 5.79. The molecule has 0 aliphatic carbocycles. The average molecular weight is 267 g/mol. The van der Waals surface area contributed by atoms with Crippen LogP contribution < -0.4 is 11.5 Å². The molecule has 5 nitrogen and oxygen atoms in total. The molecule has 0 aliphatic heterocycles. The molecule has 0 spiro atoms. The van der Waals surface area contributed by atoms with Crippen molar-refractivity contribution in [1.29, 1.82) is 0 Å². The molecule has 0 aromatic heterocycles. The molecule has 2 rings (SSSR count). The van der Waals surface area contributed by atoms with Crippen molar-refractivity contribution in [2.45, 2.75) is 0 Å². The Hall–Kier alpha value is -2.95. The van der Waals surface area contributed by atoms with Crippen molar-refractivity contribution in [3.8, 4) is 11.1 Å². The molecule has 0 saturated carbocycles. The summed E-state index contributed by atoms with van der Waals surface area (Å²) in [5.41, 5.74) is 12.8. The molecule has 5 heteroatoms. The molecular weight excluding hydrogens is 254 g/mol. The molecule has 2 aromatic rings. The highest BCUT2D eigenvalue weighted by Crippen LogP contribution is 2.24. The van der Waals surface area contributed by atoms with E-state index in [1.807, 2.05) is 6.07 Å². The minimum Gasteiger partial charge on any atom is -0.370 e. The Morgan fingerprint density at radius 2 is 1.80 bits per heavy atom. The summed E-state index contributed by atoms with van der Waals surface area (Å²) in [6, 6.07) is 13.9. The zero-order valence-electron chi connectivity index (χ0n) is 10.6. The molecule has 2 aromatic carbocycles. The first kappa shape index (κ1) is 13.5. The lowest BCUT2D eigenvalue weighted by Gasteiger charge is -2.07. The summed E-state index contributed by atoms with van der Waals surface area (Å²) in [7, 11) is 0. The first-order valence-electron chi connectivity index (χ1n) is 5.90. The van der Waals surface area contributed by atoms with Gasteiger partial charge in [0.05, 0.1) is 0 Å². The molecule has 20 heavy (non-hydrogen) atoms. The number of amides is 1. The number of aliphatic imine (C=N–C) groups is 1. The second-order valence-electron chi connectivity index (χ2n) is 4.13. The summed E-state index contributed by atoms with van der Waals surface area (Å²) in [5.74, 6) is -0.802. The Bertz CT molecular complexity index is 689. The van der Waals surface area contributed by atoms with Crippen LogP contribution in [0.5, 0.6) is 0 Å². The molecule has 0 heterocycles. The summed E-state index contributed by atoms with van der Waals surface area (Å²) in [5, 5.41) is 0. The zero-order valence-corrected chi connectivity index (χ0v) is 10.6. The third-order valence-electron chi connectivity index (χ3n) is 2.72. The fourth-order valence-electron chi connectivity index (χ4n) is 1.88. The molecule has 0 saturated heterocycles. The zero-order chi connectivity index (χ0) is 14.5. The van der Waals surface area contributed by atoms with Gasteiger partial charge in [-0.2, -0.15) is 4.99 Å². The van der Waals surface area contributed by atoms with Crippen molar-refractivity contribution in [1.82, 2.24) is 0 Å². The summed E-state index contributed by atoms with van der Waals surface area (Å²) >= 11 is 0. The number of hydrogen-bond acceptors (Lipinski definition) is 2. The molecule has 0 fully saturated rings. The third-order valence-corrected chi connectivity index (χ3v) is 2.72. The summed E-state index contributed by atoms with van der Waals surface area (Å²) in [4.78, 5) is 26.4. The van der Waals surface area contributed by atoms with E-state index in [2.05, 4.69) is 4.99 Å². The van der Waals surface area contributed by atoms with E-state index in [0.717, 1.165) is 11.8 Å². The molecule has 0 aliphatic rings. The number of benzene rings is 2. The number of nitrogens with zero attached hydrogens (tertiary/aromatic N) is 1. The highest BCUT2D eigenvalue weighted by Gasteiger charge is 2.12. The van der Waals surface area contributed by atoms with Crippen LogP contribution in [0.25, 0.3) is 11.1 Å². The van der Waals surface area contributed by atoms with E-state index in [-0.39, 0.29) is 5.96 Å². The Labute approximate surface area is 115 Å². The highest BCUT2D eigenvalue weighted by atomic mass is 16.1. The van der Waals surface area contributed by atoms with Crippen molar-refractivity contribution in [3.63, 3.8) is 0 Å². The molecule has 1 amide bonds. The molecule has 0 radical (unpaired) electrons. The van der Waals surface area contributed by atoms with Crippen molar-refractivity contribution >= 4 is 18.2 Å². The van der Waals surface area contributed by atoms with Gasteiger partial charge in [-0.1, -0.05) is 36.4 Å². The number of guanidine groups is 1. The van der Waals surface area contributed by atoms with Crippen LogP contribution in [0.1, 0.15) is 20.7 Å². The molecule has 100 valence electrons. The van der Waals surface area contributed by atoms with E-state index in [1.54, 1.807) is 42.5 Å². The van der Waals surface area contributed by atoms with Crippen LogP contribution in [-0.4, -0.2) is 18.2 Å². The van der Waals surface area contributed by atoms with Gasteiger partial charge in [-0.25, -0.2) is 0 Å². The first-order chi connectivity index (χ1) is 9.61. The Balaban J connectivity index is 2.54. The fraction of sp³-hybridized carbons (Fsp3) is 0. The highest BCUT2D eigenvalue weighted by molar-refractivity contribution is 6.06. The standard InChI is InChI=1S/C15H13N3O2/c16-15(17)18-14(20)13-7-2-1-6-12(13)11-5-3-4-10(8-11)9-19/h1-9H,(H4,16,17,18,20). The van der Waals surface area contributed by atoms with Crippen molar-refractivity contribution in [3.05, 3.63) is 59.7 Å². The van der Waals surface area contributed by atoms with E-state index in [1.165, 1.54) is 0 Å². The van der Waals surface area contributed by atoms with Crippen LogP contribution >= 0.6 is 0 Å². The SMILES string of the molecule is NC(N)=NC(=O)c1ccccc1-c1cccc(C=O)c1. The Kier molecular flexibility index (Phi) is 3.91. The molecule has 0 atom stereocenters. The number of rotatable bonds is 3. The monoisotopic (exact) mass is 267 g/mol. The smallest absolute Gasteiger partial charge is 0.280 e. The molecular formula is C15H13N3O2. The topological polar surface area (TPSA) is 98.5 Å². The summed E-state index contributed by atoms with van der Waals surface area (Å²) in [6.45, 7) is 0. The maximum atomic E-state index is 12.0. The van der Waals surface area contributed by atoms with E-state index in [0.29, 0.717) is 16.7 Å². The van der Waals surface area contributed by atoms with Gasteiger partial charge in [0, 0.05) is 11.1 Å². The van der Waals surface area contributed by atoms with Crippen LogP contribution in [0.3, 0.4) is 0 Å². The van der Waals surface area contributed by atoms with Gasteiger partial charge in [-0.05, 0) is 23.3 Å². The van der Waals surface area contributed by atoms with Gasteiger partial charge in [-0.3, -0.25) is 9.59 Å². The minimum atomic E-state index is -0.517. The van der Waals surface area contributed by atoms with Crippen molar-refractivity contribution in [2.24, 2.45) is 16.5 Å². The van der Waals surface area contributed by atoms with Gasteiger partial charge in [0.1, 0.15) is 6.29 Å². The number of hydrogen-bond donors (Lipinski definition) is 2. The van der Waals surface area contributed by atoms with E-state index in [9.17, 15) is 9.59 Å². The summed E-state index contributed by atoms with van der Waals surface area (Å²) in [6.07, 6.45) is 0.754. The predicted molar refractivity (Wildman–Crippen MR) is 77.4 cm³/mol. The number of carbonyl (C=O) groups is 2. The average Bonchev–Trinajstić information content (AvgIpc) is 2.46. The quantitative estimate of drug-likeness (QED) is 0.501. The maximum absolute atomic E-state index is 12.0. The predicted octanol–water partition coefficient (Wildman–Crippen LogP) is 1.58. The second-order valence-corrected chi connectivity index (χ2v) is 4.13. The van der Waals surface area contributed by atoms with Gasteiger partial charge in [0.25, 0.3) is 5.91 Å². The van der Waals surface area contributed by atoms with E-state index < -0.39 is 5.91 Å². The third kappa shape index (κ3) is 2.89. The fourth-order valence-corrected chi connectivity index (χ4v) is 1.88. The van der Waals surface area contributed by atoms with Crippen LogP contribution in [0.15, 0.2) is 53.5 Å². The van der Waals surface area contributed by atoms with E-state index in [4.69, 9.17) is 11.5 Å². The minimum absolute atomic E-state index is 0.286. The normalized spacial score (nSPS) is 9.80. The molecule has 0 unspecified atom stereocenters. The van der Waals surface area contributed by atoms with Gasteiger partial charge in [-0.15, -0.1) is 0 Å². The van der Waals surface area contributed by atoms with Crippen molar-refractivity contribution < 1.29 is 9.59 Å². The Morgan fingerprint density at radius 3 is 2.50 bits per heavy atom. The lowest BCUT2D eigenvalue weighted by Crippen LogP contribution is -2.24.